The van der Waals surface area contributed by atoms with Crippen molar-refractivity contribution in [3.63, 3.8) is 0 Å². The molecule has 0 rings (SSSR count). The summed E-state index contributed by atoms with van der Waals surface area (Å²) in [5.74, 6) is -0.196. The summed E-state index contributed by atoms with van der Waals surface area (Å²) in [5, 5.41) is 0. The Hall–Kier alpha value is -1.41. The number of hydrogen-bond acceptors (Lipinski definition) is 4. The number of esters is 1. The van der Waals surface area contributed by atoms with E-state index in [0.717, 1.165) is 19.3 Å². The fourth-order valence-electron chi connectivity index (χ4n) is 1.08. The van der Waals surface area contributed by atoms with E-state index in [0.29, 0.717) is 6.61 Å². The zero-order chi connectivity index (χ0) is 13.0. The SMILES string of the molecule is C=CCCC(C)(CC)COC(C)=O.O=C=O. The zero-order valence-corrected chi connectivity index (χ0v) is 10.2. The third kappa shape index (κ3) is 10.7. The highest BCUT2D eigenvalue weighted by molar-refractivity contribution is 5.65. The van der Waals surface area contributed by atoms with Crippen LogP contribution in [0, 0.1) is 5.41 Å². The molecule has 0 fully saturated rings. The second-order valence-electron chi connectivity index (χ2n) is 3.86. The van der Waals surface area contributed by atoms with Crippen LogP contribution in [-0.4, -0.2) is 18.7 Å². The van der Waals surface area contributed by atoms with Crippen molar-refractivity contribution in [2.75, 3.05) is 6.61 Å². The Labute approximate surface area is 96.7 Å². The van der Waals surface area contributed by atoms with Gasteiger partial charge in [0.25, 0.3) is 0 Å². The Bertz CT molecular complexity index is 241. The Kier molecular flexibility index (Phi) is 10.8. The van der Waals surface area contributed by atoms with Gasteiger partial charge in [-0.05, 0) is 19.3 Å². The predicted octanol–water partition coefficient (Wildman–Crippen LogP) is 2.35. The fourth-order valence-corrected chi connectivity index (χ4v) is 1.08. The highest BCUT2D eigenvalue weighted by atomic mass is 16.5. The van der Waals surface area contributed by atoms with Crippen LogP contribution in [0.15, 0.2) is 12.7 Å². The van der Waals surface area contributed by atoms with Gasteiger partial charge in [0.1, 0.15) is 0 Å². The van der Waals surface area contributed by atoms with Gasteiger partial charge in [0.15, 0.2) is 0 Å². The highest BCUT2D eigenvalue weighted by Crippen LogP contribution is 2.27. The van der Waals surface area contributed by atoms with E-state index < -0.39 is 0 Å². The molecule has 92 valence electrons. The van der Waals surface area contributed by atoms with Crippen molar-refractivity contribution < 1.29 is 19.1 Å². The average molecular weight is 228 g/mol. The van der Waals surface area contributed by atoms with Gasteiger partial charge in [0.2, 0.25) is 0 Å². The lowest BCUT2D eigenvalue weighted by Crippen LogP contribution is -2.23. The van der Waals surface area contributed by atoms with Crippen molar-refractivity contribution in [3.05, 3.63) is 12.7 Å². The van der Waals surface area contributed by atoms with Gasteiger partial charge in [-0.1, -0.05) is 19.9 Å². The molecule has 0 aromatic rings. The largest absolute Gasteiger partial charge is 0.465 e. The second-order valence-corrected chi connectivity index (χ2v) is 3.86. The molecule has 0 aromatic carbocycles. The van der Waals surface area contributed by atoms with Gasteiger partial charge >= 0.3 is 12.1 Å². The van der Waals surface area contributed by atoms with Crippen LogP contribution < -0.4 is 0 Å². The minimum Gasteiger partial charge on any atom is -0.465 e. The molecular formula is C12H20O4. The molecule has 4 heteroatoms. The van der Waals surface area contributed by atoms with Crippen LogP contribution in [0.3, 0.4) is 0 Å². The highest BCUT2D eigenvalue weighted by Gasteiger charge is 2.22. The molecule has 0 aliphatic heterocycles. The van der Waals surface area contributed by atoms with Crippen molar-refractivity contribution in [1.29, 1.82) is 0 Å². The topological polar surface area (TPSA) is 60.4 Å². The maximum atomic E-state index is 10.6. The molecule has 0 radical (unpaired) electrons. The van der Waals surface area contributed by atoms with Gasteiger partial charge in [0.05, 0.1) is 6.61 Å². The van der Waals surface area contributed by atoms with Crippen molar-refractivity contribution >= 4 is 12.1 Å². The molecule has 1 atom stereocenters. The molecule has 16 heavy (non-hydrogen) atoms. The Morgan fingerprint density at radius 1 is 1.50 bits per heavy atom. The Morgan fingerprint density at radius 3 is 2.31 bits per heavy atom. The lowest BCUT2D eigenvalue weighted by molar-refractivity contribution is -0.191. The van der Waals surface area contributed by atoms with Crippen LogP contribution in [0.5, 0.6) is 0 Å². The van der Waals surface area contributed by atoms with Crippen LogP contribution in [0.2, 0.25) is 0 Å². The molecule has 0 heterocycles. The van der Waals surface area contributed by atoms with Gasteiger partial charge in [-0.3, -0.25) is 4.79 Å². The van der Waals surface area contributed by atoms with E-state index >= 15 is 0 Å². The molecule has 0 saturated carbocycles. The lowest BCUT2D eigenvalue weighted by Gasteiger charge is -2.26. The first-order chi connectivity index (χ1) is 7.45. The second kappa shape index (κ2) is 10.1. The van der Waals surface area contributed by atoms with Crippen LogP contribution >= 0.6 is 0 Å². The predicted molar refractivity (Wildman–Crippen MR) is 59.5 cm³/mol. The number of carbonyl (C=O) groups is 1. The molecule has 0 aliphatic carbocycles. The average Bonchev–Trinajstić information content (AvgIpc) is 2.25. The van der Waals surface area contributed by atoms with Gasteiger partial charge in [-0.25, -0.2) is 0 Å². The first-order valence-electron chi connectivity index (χ1n) is 5.19. The molecular weight excluding hydrogens is 208 g/mol. The van der Waals surface area contributed by atoms with Crippen molar-refractivity contribution in [1.82, 2.24) is 0 Å². The lowest BCUT2D eigenvalue weighted by atomic mass is 9.84. The number of hydrogen-bond donors (Lipinski definition) is 0. The molecule has 0 aromatic heterocycles. The summed E-state index contributed by atoms with van der Waals surface area (Å²) in [4.78, 5) is 26.9. The molecule has 0 saturated heterocycles. The van der Waals surface area contributed by atoms with E-state index in [-0.39, 0.29) is 17.5 Å². The van der Waals surface area contributed by atoms with Crippen LogP contribution in [0.4, 0.5) is 0 Å². The summed E-state index contributed by atoms with van der Waals surface area (Å²) in [6.45, 7) is 9.91. The zero-order valence-electron chi connectivity index (χ0n) is 10.2. The first kappa shape index (κ1) is 17.0. The van der Waals surface area contributed by atoms with Gasteiger partial charge in [-0.15, -0.1) is 6.58 Å². The quantitative estimate of drug-likeness (QED) is 0.517. The molecule has 4 nitrogen and oxygen atoms in total. The maximum Gasteiger partial charge on any atom is 0.373 e. The molecule has 0 amide bonds. The summed E-state index contributed by atoms with van der Waals surface area (Å²) in [5.41, 5.74) is 0.111. The summed E-state index contributed by atoms with van der Waals surface area (Å²) >= 11 is 0. The van der Waals surface area contributed by atoms with Gasteiger partial charge < -0.3 is 4.74 Å². The van der Waals surface area contributed by atoms with E-state index in [1.807, 2.05) is 6.08 Å². The summed E-state index contributed by atoms with van der Waals surface area (Å²) in [7, 11) is 0. The van der Waals surface area contributed by atoms with E-state index in [2.05, 4.69) is 20.4 Å². The molecule has 0 aliphatic rings. The molecule has 0 bridgehead atoms. The van der Waals surface area contributed by atoms with Gasteiger partial charge in [-0.2, -0.15) is 9.59 Å². The van der Waals surface area contributed by atoms with Crippen LogP contribution in [0.1, 0.15) is 40.0 Å². The first-order valence-corrected chi connectivity index (χ1v) is 5.19. The van der Waals surface area contributed by atoms with Crippen LogP contribution in [0.25, 0.3) is 0 Å². The third-order valence-corrected chi connectivity index (χ3v) is 2.43. The third-order valence-electron chi connectivity index (χ3n) is 2.43. The van der Waals surface area contributed by atoms with Crippen molar-refractivity contribution in [2.45, 2.75) is 40.0 Å². The van der Waals surface area contributed by atoms with E-state index in [4.69, 9.17) is 14.3 Å². The minimum absolute atomic E-state index is 0.111. The maximum absolute atomic E-state index is 10.6. The normalized spacial score (nSPS) is 12.4. The van der Waals surface area contributed by atoms with Gasteiger partial charge in [0, 0.05) is 12.3 Å². The Morgan fingerprint density at radius 2 is 2.00 bits per heavy atom. The number of carbonyl (C=O) groups excluding carboxylic acids is 3. The monoisotopic (exact) mass is 228 g/mol. The molecule has 1 unspecified atom stereocenters. The smallest absolute Gasteiger partial charge is 0.373 e. The van der Waals surface area contributed by atoms with E-state index in [9.17, 15) is 4.79 Å². The summed E-state index contributed by atoms with van der Waals surface area (Å²) < 4.78 is 5.02. The van der Waals surface area contributed by atoms with E-state index in [1.54, 1.807) is 0 Å². The molecule has 0 spiro atoms. The minimum atomic E-state index is -0.196. The fraction of sp³-hybridized carbons (Fsp3) is 0.667. The summed E-state index contributed by atoms with van der Waals surface area (Å²) in [6.07, 6.45) is 5.18. The van der Waals surface area contributed by atoms with Crippen molar-refractivity contribution in [2.24, 2.45) is 5.41 Å². The standard InChI is InChI=1S/C11H20O2.CO2/c1-5-7-8-11(4,6-2)9-13-10(3)12;2-1-3/h5H,1,6-9H2,2-4H3;. The number of allylic oxidation sites excluding steroid dienone is 1. The molecule has 0 N–H and O–H groups in total. The Balaban J connectivity index is 0. The van der Waals surface area contributed by atoms with Crippen LogP contribution in [-0.2, 0) is 19.1 Å². The number of ether oxygens (including phenoxy) is 1. The van der Waals surface area contributed by atoms with E-state index in [1.165, 1.54) is 6.92 Å². The summed E-state index contributed by atoms with van der Waals surface area (Å²) in [6, 6.07) is 0. The number of rotatable bonds is 6. The van der Waals surface area contributed by atoms with Crippen molar-refractivity contribution in [3.8, 4) is 0 Å².